The van der Waals surface area contributed by atoms with Crippen LogP contribution in [0, 0.1) is 0 Å². The normalized spacial score (nSPS) is 32.8. The fourth-order valence-electron chi connectivity index (χ4n) is 2.47. The van der Waals surface area contributed by atoms with E-state index >= 15 is 0 Å². The van der Waals surface area contributed by atoms with Crippen LogP contribution in [0.4, 0.5) is 0 Å². The molecule has 2 aliphatic heterocycles. The van der Waals surface area contributed by atoms with E-state index in [1.54, 1.807) is 11.0 Å². The van der Waals surface area contributed by atoms with Crippen molar-refractivity contribution in [2.75, 3.05) is 13.7 Å². The molecule has 2 heterocycles. The van der Waals surface area contributed by atoms with Crippen LogP contribution < -0.4 is 0 Å². The lowest BCUT2D eigenvalue weighted by molar-refractivity contribution is -0.146. The van der Waals surface area contributed by atoms with E-state index in [9.17, 15) is 14.7 Å². The average Bonchev–Trinajstić information content (AvgIpc) is 2.55. The molecule has 5 nitrogen and oxygen atoms in total. The largest absolute Gasteiger partial charge is 0.469 e. The number of carbonyl (C=O) groups excluding carboxylic acids is 2. The maximum absolute atomic E-state index is 11.6. The molecule has 0 aromatic heterocycles. The highest BCUT2D eigenvalue weighted by atomic mass is 16.5. The van der Waals surface area contributed by atoms with Gasteiger partial charge in [-0.3, -0.25) is 9.59 Å². The van der Waals surface area contributed by atoms with Gasteiger partial charge >= 0.3 is 5.97 Å². The highest BCUT2D eigenvalue weighted by Gasteiger charge is 2.46. The zero-order valence-electron chi connectivity index (χ0n) is 9.18. The van der Waals surface area contributed by atoms with E-state index in [2.05, 4.69) is 4.74 Å². The summed E-state index contributed by atoms with van der Waals surface area (Å²) in [4.78, 5) is 24.6. The van der Waals surface area contributed by atoms with Gasteiger partial charge in [0.25, 0.3) is 0 Å². The zero-order valence-corrected chi connectivity index (χ0v) is 9.18. The predicted molar refractivity (Wildman–Crippen MR) is 55.5 cm³/mol. The average molecular weight is 225 g/mol. The zero-order chi connectivity index (χ0) is 11.8. The molecule has 0 aromatic rings. The smallest absolute Gasteiger partial charge is 0.308 e. The molecule has 0 radical (unpaired) electrons. The third-order valence-corrected chi connectivity index (χ3v) is 3.29. The minimum Gasteiger partial charge on any atom is -0.469 e. The Kier molecular flexibility index (Phi) is 2.71. The van der Waals surface area contributed by atoms with Crippen LogP contribution in [0.2, 0.25) is 0 Å². The number of aliphatic hydroxyl groups is 1. The fourth-order valence-corrected chi connectivity index (χ4v) is 2.47. The molecule has 2 aliphatic rings. The van der Waals surface area contributed by atoms with Gasteiger partial charge in [0.05, 0.1) is 25.2 Å². The number of ether oxygens (including phenoxy) is 1. The van der Waals surface area contributed by atoms with Crippen LogP contribution >= 0.6 is 0 Å². The fraction of sp³-hybridized carbons (Fsp3) is 0.636. The molecule has 0 bridgehead atoms. The molecule has 0 unspecified atom stereocenters. The summed E-state index contributed by atoms with van der Waals surface area (Å²) in [5.74, 6) is -0.450. The van der Waals surface area contributed by atoms with Crippen molar-refractivity contribution in [3.8, 4) is 0 Å². The Labute approximate surface area is 93.7 Å². The lowest BCUT2D eigenvalue weighted by Gasteiger charge is -2.43. The van der Waals surface area contributed by atoms with Crippen LogP contribution in [-0.4, -0.2) is 47.2 Å². The quantitative estimate of drug-likeness (QED) is 0.663. The molecule has 2 atom stereocenters. The number of carbonyl (C=O) groups is 2. The molecule has 0 aliphatic carbocycles. The van der Waals surface area contributed by atoms with Crippen molar-refractivity contribution in [2.24, 2.45) is 0 Å². The number of hydrogen-bond donors (Lipinski definition) is 1. The van der Waals surface area contributed by atoms with Crippen molar-refractivity contribution in [1.82, 2.24) is 4.90 Å². The molecular formula is C11H15NO4. The van der Waals surface area contributed by atoms with Crippen molar-refractivity contribution in [3.63, 3.8) is 0 Å². The van der Waals surface area contributed by atoms with Crippen LogP contribution in [-0.2, 0) is 14.3 Å². The first-order valence-corrected chi connectivity index (χ1v) is 5.33. The molecular weight excluding hydrogens is 210 g/mol. The number of hydrogen-bond acceptors (Lipinski definition) is 4. The summed E-state index contributed by atoms with van der Waals surface area (Å²) in [5, 5.41) is 9.67. The van der Waals surface area contributed by atoms with Gasteiger partial charge in [-0.25, -0.2) is 0 Å². The van der Waals surface area contributed by atoms with E-state index in [0.29, 0.717) is 19.4 Å². The summed E-state index contributed by atoms with van der Waals surface area (Å²) in [6, 6.07) is 0. The summed E-state index contributed by atoms with van der Waals surface area (Å²) in [7, 11) is 1.32. The molecule has 2 rings (SSSR count). The molecule has 1 amide bonds. The SMILES string of the molecule is COC(=O)C[C@@]12C=CC(=O)N1CC[C@H](O)C2. The summed E-state index contributed by atoms with van der Waals surface area (Å²) in [6.07, 6.45) is 3.82. The number of fused-ring (bicyclic) bond motifs is 1. The maximum atomic E-state index is 11.6. The molecule has 1 N–H and O–H groups in total. The van der Waals surface area contributed by atoms with Crippen LogP contribution in [0.1, 0.15) is 19.3 Å². The van der Waals surface area contributed by atoms with Gasteiger partial charge in [-0.15, -0.1) is 0 Å². The van der Waals surface area contributed by atoms with Crippen molar-refractivity contribution >= 4 is 11.9 Å². The van der Waals surface area contributed by atoms with Gasteiger partial charge in [0.15, 0.2) is 0 Å². The van der Waals surface area contributed by atoms with Gasteiger partial charge in [0.2, 0.25) is 5.91 Å². The minimum absolute atomic E-state index is 0.0872. The Morgan fingerprint density at radius 1 is 1.75 bits per heavy atom. The Balaban J connectivity index is 2.22. The van der Waals surface area contributed by atoms with Crippen LogP contribution in [0.15, 0.2) is 12.2 Å². The second kappa shape index (κ2) is 3.90. The van der Waals surface area contributed by atoms with Crippen LogP contribution in [0.5, 0.6) is 0 Å². The number of rotatable bonds is 2. The van der Waals surface area contributed by atoms with Gasteiger partial charge in [-0.2, -0.15) is 0 Å². The Hall–Kier alpha value is -1.36. The third kappa shape index (κ3) is 1.71. The first-order valence-electron chi connectivity index (χ1n) is 5.33. The second-order valence-corrected chi connectivity index (χ2v) is 4.33. The second-order valence-electron chi connectivity index (χ2n) is 4.33. The first kappa shape index (κ1) is 11.1. The van der Waals surface area contributed by atoms with Gasteiger partial charge in [0.1, 0.15) is 0 Å². The summed E-state index contributed by atoms with van der Waals surface area (Å²) < 4.78 is 4.63. The molecule has 0 saturated carbocycles. The van der Waals surface area contributed by atoms with Gasteiger partial charge in [-0.05, 0) is 6.42 Å². The molecule has 5 heteroatoms. The highest BCUT2D eigenvalue weighted by Crippen LogP contribution is 2.36. The first-order chi connectivity index (χ1) is 7.57. The van der Waals surface area contributed by atoms with Crippen molar-refractivity contribution in [2.45, 2.75) is 30.9 Å². The third-order valence-electron chi connectivity index (χ3n) is 3.29. The number of amides is 1. The minimum atomic E-state index is -0.665. The highest BCUT2D eigenvalue weighted by molar-refractivity contribution is 5.92. The molecule has 0 aromatic carbocycles. The lowest BCUT2D eigenvalue weighted by atomic mass is 9.84. The van der Waals surface area contributed by atoms with E-state index < -0.39 is 11.6 Å². The summed E-state index contributed by atoms with van der Waals surface area (Å²) in [5.41, 5.74) is -0.665. The standard InChI is InChI=1S/C11H15NO4/c1-16-10(15)7-11-4-2-9(14)12(11)5-3-8(13)6-11/h2,4,8,13H,3,5-7H2,1H3/t8-,11-/m0/s1. The molecule has 1 fully saturated rings. The van der Waals surface area contributed by atoms with E-state index in [4.69, 9.17) is 0 Å². The van der Waals surface area contributed by atoms with E-state index in [-0.39, 0.29) is 18.3 Å². The maximum Gasteiger partial charge on any atom is 0.308 e. The van der Waals surface area contributed by atoms with Crippen LogP contribution in [0.25, 0.3) is 0 Å². The number of nitrogens with zero attached hydrogens (tertiary/aromatic N) is 1. The number of piperidine rings is 1. The van der Waals surface area contributed by atoms with E-state index in [0.717, 1.165) is 0 Å². The van der Waals surface area contributed by atoms with Crippen LogP contribution in [0.3, 0.4) is 0 Å². The Morgan fingerprint density at radius 2 is 2.50 bits per heavy atom. The van der Waals surface area contributed by atoms with Crippen molar-refractivity contribution < 1.29 is 19.4 Å². The van der Waals surface area contributed by atoms with E-state index in [1.807, 2.05) is 0 Å². The van der Waals surface area contributed by atoms with Crippen molar-refractivity contribution in [3.05, 3.63) is 12.2 Å². The number of esters is 1. The van der Waals surface area contributed by atoms with E-state index in [1.165, 1.54) is 13.2 Å². The van der Waals surface area contributed by atoms with Gasteiger partial charge in [-0.1, -0.05) is 6.08 Å². The molecule has 0 spiro atoms. The summed E-state index contributed by atoms with van der Waals surface area (Å²) >= 11 is 0. The lowest BCUT2D eigenvalue weighted by Crippen LogP contribution is -2.54. The molecule has 16 heavy (non-hydrogen) atoms. The topological polar surface area (TPSA) is 66.8 Å². The number of aliphatic hydroxyl groups excluding tert-OH is 1. The van der Waals surface area contributed by atoms with Gasteiger partial charge < -0.3 is 14.7 Å². The predicted octanol–water partition coefficient (Wildman–Crippen LogP) is -0.159. The molecule has 1 saturated heterocycles. The Bertz CT molecular complexity index is 352. The monoisotopic (exact) mass is 225 g/mol. The molecule has 88 valence electrons. The number of methoxy groups -OCH3 is 1. The Morgan fingerprint density at radius 3 is 3.19 bits per heavy atom. The summed E-state index contributed by atoms with van der Waals surface area (Å²) in [6.45, 7) is 0.490. The van der Waals surface area contributed by atoms with Gasteiger partial charge in [0, 0.05) is 19.0 Å². The van der Waals surface area contributed by atoms with Crippen molar-refractivity contribution in [1.29, 1.82) is 0 Å².